The molecule has 3 rings (SSSR count). The first kappa shape index (κ1) is 12.1. The predicted octanol–water partition coefficient (Wildman–Crippen LogP) is 4.06. The van der Waals surface area contributed by atoms with Crippen molar-refractivity contribution in [3.8, 4) is 0 Å². The third kappa shape index (κ3) is 2.29. The Morgan fingerprint density at radius 3 is 2.79 bits per heavy atom. The summed E-state index contributed by atoms with van der Waals surface area (Å²) < 4.78 is 15.7. The van der Waals surface area contributed by atoms with Crippen molar-refractivity contribution in [1.29, 1.82) is 0 Å². The van der Waals surface area contributed by atoms with Gasteiger partial charge in [0.15, 0.2) is 0 Å². The molecule has 2 aromatic carbocycles. The Kier molecular flexibility index (Phi) is 2.91. The second kappa shape index (κ2) is 4.59. The molecule has 1 aromatic heterocycles. The lowest BCUT2D eigenvalue weighted by atomic mass is 10.2. The van der Waals surface area contributed by atoms with Gasteiger partial charge in [-0.05, 0) is 42.5 Å². The van der Waals surface area contributed by atoms with Crippen molar-refractivity contribution in [3.05, 3.63) is 65.1 Å². The van der Waals surface area contributed by atoms with Crippen LogP contribution in [0.25, 0.3) is 10.9 Å². The number of aromatic nitrogens is 1. The smallest absolute Gasteiger partial charge is 0.128 e. The number of nitrogen functional groups attached to an aromatic ring is 1. The minimum Gasteiger partial charge on any atom is -0.399 e. The van der Waals surface area contributed by atoms with Gasteiger partial charge in [0, 0.05) is 33.4 Å². The molecule has 2 nitrogen and oxygen atoms in total. The summed E-state index contributed by atoms with van der Waals surface area (Å²) in [6.45, 7) is 0.444. The molecule has 4 heteroatoms. The average Bonchev–Trinajstić information content (AvgIpc) is 2.76. The van der Waals surface area contributed by atoms with Crippen LogP contribution >= 0.6 is 11.6 Å². The topological polar surface area (TPSA) is 30.9 Å². The van der Waals surface area contributed by atoms with Crippen LogP contribution in [-0.2, 0) is 6.54 Å². The lowest BCUT2D eigenvalue weighted by molar-refractivity contribution is 0.602. The lowest BCUT2D eigenvalue weighted by Gasteiger charge is -2.07. The molecule has 96 valence electrons. The van der Waals surface area contributed by atoms with Gasteiger partial charge in [0.1, 0.15) is 5.82 Å². The summed E-state index contributed by atoms with van der Waals surface area (Å²) in [6.07, 6.45) is 1.92. The van der Waals surface area contributed by atoms with E-state index in [1.807, 2.05) is 35.0 Å². The Morgan fingerprint density at radius 1 is 1.11 bits per heavy atom. The summed E-state index contributed by atoms with van der Waals surface area (Å²) in [7, 11) is 0. The van der Waals surface area contributed by atoms with Crippen molar-refractivity contribution in [1.82, 2.24) is 4.57 Å². The Labute approximate surface area is 115 Å². The molecule has 0 aliphatic rings. The first-order chi connectivity index (χ1) is 9.13. The highest BCUT2D eigenvalue weighted by atomic mass is 35.5. The zero-order valence-corrected chi connectivity index (χ0v) is 10.9. The van der Waals surface area contributed by atoms with Crippen LogP contribution in [0.15, 0.2) is 48.7 Å². The highest BCUT2D eigenvalue weighted by Crippen LogP contribution is 2.22. The Morgan fingerprint density at radius 2 is 1.95 bits per heavy atom. The zero-order chi connectivity index (χ0) is 13.4. The molecule has 0 aliphatic carbocycles. The van der Waals surface area contributed by atoms with E-state index in [2.05, 4.69) is 0 Å². The minimum absolute atomic E-state index is 0.248. The van der Waals surface area contributed by atoms with Crippen LogP contribution in [0.4, 0.5) is 10.1 Å². The summed E-state index contributed by atoms with van der Waals surface area (Å²) in [5.41, 5.74) is 8.06. The average molecular weight is 275 g/mol. The number of hydrogen-bond donors (Lipinski definition) is 1. The van der Waals surface area contributed by atoms with Gasteiger partial charge in [-0.2, -0.15) is 0 Å². The van der Waals surface area contributed by atoms with Gasteiger partial charge >= 0.3 is 0 Å². The van der Waals surface area contributed by atoms with Crippen molar-refractivity contribution in [2.24, 2.45) is 0 Å². The van der Waals surface area contributed by atoms with Crippen molar-refractivity contribution in [3.63, 3.8) is 0 Å². The van der Waals surface area contributed by atoms with E-state index in [1.165, 1.54) is 6.07 Å². The molecule has 0 radical (unpaired) electrons. The van der Waals surface area contributed by atoms with Gasteiger partial charge in [-0.3, -0.25) is 0 Å². The van der Waals surface area contributed by atoms with E-state index in [1.54, 1.807) is 12.1 Å². The maximum absolute atomic E-state index is 13.7. The molecule has 3 aromatic rings. The van der Waals surface area contributed by atoms with Gasteiger partial charge in [0.2, 0.25) is 0 Å². The Bertz CT molecular complexity index is 749. The molecular formula is C15H12ClFN2. The van der Waals surface area contributed by atoms with Crippen LogP contribution in [0.3, 0.4) is 0 Å². The molecule has 0 atom stereocenters. The van der Waals surface area contributed by atoms with Crippen molar-refractivity contribution >= 4 is 28.2 Å². The number of hydrogen-bond acceptors (Lipinski definition) is 1. The van der Waals surface area contributed by atoms with E-state index < -0.39 is 0 Å². The Hall–Kier alpha value is -2.00. The normalized spacial score (nSPS) is 11.1. The van der Waals surface area contributed by atoms with Gasteiger partial charge < -0.3 is 10.3 Å². The van der Waals surface area contributed by atoms with Crippen LogP contribution < -0.4 is 5.73 Å². The molecule has 0 amide bonds. The third-order valence-electron chi connectivity index (χ3n) is 3.14. The van der Waals surface area contributed by atoms with Gasteiger partial charge in [0.05, 0.1) is 6.54 Å². The number of fused-ring (bicyclic) bond motifs is 1. The first-order valence-corrected chi connectivity index (χ1v) is 6.29. The van der Waals surface area contributed by atoms with E-state index in [0.717, 1.165) is 16.6 Å². The van der Waals surface area contributed by atoms with E-state index >= 15 is 0 Å². The van der Waals surface area contributed by atoms with Crippen LogP contribution in [0.2, 0.25) is 5.02 Å². The van der Waals surface area contributed by atoms with Crippen LogP contribution in [-0.4, -0.2) is 4.57 Å². The number of halogens is 2. The standard InChI is InChI=1S/C15H12ClFN2/c16-12-1-3-14(17)11(7-12)9-19-6-5-10-8-13(18)2-4-15(10)19/h1-8H,9,18H2. The summed E-state index contributed by atoms with van der Waals surface area (Å²) in [4.78, 5) is 0. The second-order valence-electron chi connectivity index (χ2n) is 4.50. The molecule has 1 heterocycles. The molecule has 0 bridgehead atoms. The van der Waals surface area contributed by atoms with Crippen molar-refractivity contribution in [2.75, 3.05) is 5.73 Å². The quantitative estimate of drug-likeness (QED) is 0.702. The van der Waals surface area contributed by atoms with Gasteiger partial charge in [-0.25, -0.2) is 4.39 Å². The zero-order valence-electron chi connectivity index (χ0n) is 10.1. The van der Waals surface area contributed by atoms with Gasteiger partial charge in [-0.15, -0.1) is 0 Å². The summed E-state index contributed by atoms with van der Waals surface area (Å²) in [5.74, 6) is -0.248. The van der Waals surface area contributed by atoms with Crippen LogP contribution in [0.5, 0.6) is 0 Å². The number of anilines is 1. The number of nitrogens with zero attached hydrogens (tertiary/aromatic N) is 1. The van der Waals surface area contributed by atoms with Gasteiger partial charge in [-0.1, -0.05) is 11.6 Å². The predicted molar refractivity (Wildman–Crippen MR) is 76.9 cm³/mol. The maximum Gasteiger partial charge on any atom is 0.128 e. The molecule has 0 saturated carbocycles. The fourth-order valence-electron chi connectivity index (χ4n) is 2.20. The molecule has 19 heavy (non-hydrogen) atoms. The largest absolute Gasteiger partial charge is 0.399 e. The SMILES string of the molecule is Nc1ccc2c(ccn2Cc2cc(Cl)ccc2F)c1. The van der Waals surface area contributed by atoms with E-state index in [-0.39, 0.29) is 5.82 Å². The van der Waals surface area contributed by atoms with Crippen LogP contribution in [0, 0.1) is 5.82 Å². The first-order valence-electron chi connectivity index (χ1n) is 5.92. The van der Waals surface area contributed by atoms with Gasteiger partial charge in [0.25, 0.3) is 0 Å². The molecule has 0 fully saturated rings. The fraction of sp³-hybridized carbons (Fsp3) is 0.0667. The number of benzene rings is 2. The molecule has 2 N–H and O–H groups in total. The van der Waals surface area contributed by atoms with E-state index in [0.29, 0.717) is 17.1 Å². The molecule has 0 spiro atoms. The molecule has 0 aliphatic heterocycles. The molecular weight excluding hydrogens is 263 g/mol. The Balaban J connectivity index is 2.03. The monoisotopic (exact) mass is 274 g/mol. The summed E-state index contributed by atoms with van der Waals surface area (Å²) in [6, 6.07) is 12.2. The number of nitrogens with two attached hydrogens (primary N) is 1. The van der Waals surface area contributed by atoms with E-state index in [9.17, 15) is 4.39 Å². The molecule has 0 saturated heterocycles. The number of rotatable bonds is 2. The molecule has 0 unspecified atom stereocenters. The fourth-order valence-corrected chi connectivity index (χ4v) is 2.40. The van der Waals surface area contributed by atoms with Crippen molar-refractivity contribution < 1.29 is 4.39 Å². The van der Waals surface area contributed by atoms with E-state index in [4.69, 9.17) is 17.3 Å². The minimum atomic E-state index is -0.248. The highest BCUT2D eigenvalue weighted by Gasteiger charge is 2.06. The third-order valence-corrected chi connectivity index (χ3v) is 3.38. The maximum atomic E-state index is 13.7. The second-order valence-corrected chi connectivity index (χ2v) is 4.93. The summed E-state index contributed by atoms with van der Waals surface area (Å²) in [5, 5.41) is 1.58. The lowest BCUT2D eigenvalue weighted by Crippen LogP contribution is -2.00. The summed E-state index contributed by atoms with van der Waals surface area (Å²) >= 11 is 5.90. The van der Waals surface area contributed by atoms with Crippen molar-refractivity contribution in [2.45, 2.75) is 6.54 Å². The highest BCUT2D eigenvalue weighted by molar-refractivity contribution is 6.30. The van der Waals surface area contributed by atoms with Crippen LogP contribution in [0.1, 0.15) is 5.56 Å².